The molecule has 0 bridgehead atoms. The number of nitrogens with one attached hydrogen (secondary N) is 1. The van der Waals surface area contributed by atoms with Crippen molar-refractivity contribution in [2.75, 3.05) is 19.6 Å². The van der Waals surface area contributed by atoms with Crippen molar-refractivity contribution in [1.82, 2.24) is 19.2 Å². The highest BCUT2D eigenvalue weighted by atomic mass is 32.2. The largest absolute Gasteiger partial charge is 0.342 e. The maximum Gasteiger partial charge on any atom is 0.274 e. The SMILES string of the molecule is NS(=O)(=O)NCC1CCCN(C(=O)CCn2ccnc2)C1. The molecule has 1 saturated heterocycles. The second-order valence-electron chi connectivity index (χ2n) is 5.29. The average molecular weight is 315 g/mol. The van der Waals surface area contributed by atoms with Crippen molar-refractivity contribution in [2.45, 2.75) is 25.8 Å². The van der Waals surface area contributed by atoms with Crippen molar-refractivity contribution in [3.8, 4) is 0 Å². The molecule has 1 unspecified atom stereocenters. The Labute approximate surface area is 124 Å². The molecule has 1 aliphatic heterocycles. The van der Waals surface area contributed by atoms with Gasteiger partial charge in [-0.2, -0.15) is 8.42 Å². The molecule has 2 rings (SSSR count). The Morgan fingerprint density at radius 1 is 1.48 bits per heavy atom. The number of carbonyl (C=O) groups excluding carboxylic acids is 1. The average Bonchev–Trinajstić information content (AvgIpc) is 2.95. The number of aromatic nitrogens is 2. The zero-order chi connectivity index (χ0) is 15.3. The number of hydrogen-bond acceptors (Lipinski definition) is 4. The summed E-state index contributed by atoms with van der Waals surface area (Å²) >= 11 is 0. The van der Waals surface area contributed by atoms with Crippen LogP contribution in [0, 0.1) is 5.92 Å². The molecule has 9 heteroatoms. The molecule has 2 heterocycles. The second-order valence-corrected chi connectivity index (χ2v) is 6.67. The van der Waals surface area contributed by atoms with Crippen molar-refractivity contribution in [1.29, 1.82) is 0 Å². The van der Waals surface area contributed by atoms with E-state index in [1.54, 1.807) is 17.4 Å². The van der Waals surface area contributed by atoms with Gasteiger partial charge in [-0.05, 0) is 18.8 Å². The van der Waals surface area contributed by atoms with Gasteiger partial charge in [-0.1, -0.05) is 0 Å². The minimum Gasteiger partial charge on any atom is -0.342 e. The zero-order valence-corrected chi connectivity index (χ0v) is 12.6. The van der Waals surface area contributed by atoms with Crippen LogP contribution >= 0.6 is 0 Å². The van der Waals surface area contributed by atoms with Gasteiger partial charge in [0.05, 0.1) is 6.33 Å². The predicted octanol–water partition coefficient (Wildman–Crippen LogP) is -0.695. The molecule has 21 heavy (non-hydrogen) atoms. The first-order valence-corrected chi connectivity index (χ1v) is 8.49. The first kappa shape index (κ1) is 15.9. The molecule has 0 spiro atoms. The van der Waals surface area contributed by atoms with Gasteiger partial charge in [-0.25, -0.2) is 14.8 Å². The highest BCUT2D eigenvalue weighted by Gasteiger charge is 2.24. The number of imidazole rings is 1. The minimum atomic E-state index is -3.66. The zero-order valence-electron chi connectivity index (χ0n) is 11.8. The summed E-state index contributed by atoms with van der Waals surface area (Å²) in [5.74, 6) is 0.207. The van der Waals surface area contributed by atoms with Crippen molar-refractivity contribution in [3.63, 3.8) is 0 Å². The lowest BCUT2D eigenvalue weighted by molar-refractivity contribution is -0.133. The summed E-state index contributed by atoms with van der Waals surface area (Å²) < 4.78 is 26.0. The fraction of sp³-hybridized carbons (Fsp3) is 0.667. The number of rotatable bonds is 6. The van der Waals surface area contributed by atoms with Crippen molar-refractivity contribution >= 4 is 16.1 Å². The Kier molecular flexibility index (Phi) is 5.32. The van der Waals surface area contributed by atoms with Crippen LogP contribution in [0.2, 0.25) is 0 Å². The standard InChI is InChI=1S/C12H21N5O3S/c13-21(19,20)15-8-11-2-1-5-17(9-11)12(18)3-6-16-7-4-14-10-16/h4,7,10-11,15H,1-3,5-6,8-9H2,(H2,13,19,20). The third-order valence-electron chi connectivity index (χ3n) is 3.59. The fourth-order valence-corrected chi connectivity index (χ4v) is 2.96. The van der Waals surface area contributed by atoms with E-state index in [1.165, 1.54) is 0 Å². The van der Waals surface area contributed by atoms with Gasteiger partial charge in [-0.15, -0.1) is 0 Å². The molecule has 3 N–H and O–H groups in total. The Hall–Kier alpha value is -1.45. The number of piperidine rings is 1. The molecule has 8 nitrogen and oxygen atoms in total. The van der Waals surface area contributed by atoms with E-state index >= 15 is 0 Å². The van der Waals surface area contributed by atoms with Gasteiger partial charge in [0.1, 0.15) is 0 Å². The van der Waals surface area contributed by atoms with Crippen LogP contribution in [-0.2, 0) is 21.5 Å². The van der Waals surface area contributed by atoms with Gasteiger partial charge in [-0.3, -0.25) is 4.79 Å². The topological polar surface area (TPSA) is 110 Å². The van der Waals surface area contributed by atoms with Crippen LogP contribution in [0.25, 0.3) is 0 Å². The molecular formula is C12H21N5O3S. The first-order chi connectivity index (χ1) is 9.94. The Morgan fingerprint density at radius 3 is 2.95 bits per heavy atom. The molecule has 1 amide bonds. The van der Waals surface area contributed by atoms with E-state index in [1.807, 2.05) is 10.8 Å². The van der Waals surface area contributed by atoms with Crippen LogP contribution in [0.1, 0.15) is 19.3 Å². The van der Waals surface area contributed by atoms with Crippen LogP contribution in [0.15, 0.2) is 18.7 Å². The monoisotopic (exact) mass is 315 g/mol. The Morgan fingerprint density at radius 2 is 2.29 bits per heavy atom. The number of carbonyl (C=O) groups is 1. The molecule has 0 aliphatic carbocycles. The third-order valence-corrected chi connectivity index (χ3v) is 4.16. The van der Waals surface area contributed by atoms with E-state index in [0.717, 1.165) is 19.4 Å². The summed E-state index contributed by atoms with van der Waals surface area (Å²) in [6.45, 7) is 2.19. The summed E-state index contributed by atoms with van der Waals surface area (Å²) in [6.07, 6.45) is 7.39. The number of nitrogens with two attached hydrogens (primary N) is 1. The molecule has 1 atom stereocenters. The minimum absolute atomic E-state index is 0.0870. The predicted molar refractivity (Wildman–Crippen MR) is 77.3 cm³/mol. The summed E-state index contributed by atoms with van der Waals surface area (Å²) in [5.41, 5.74) is 0. The van der Waals surface area contributed by atoms with E-state index in [0.29, 0.717) is 19.5 Å². The number of aryl methyl sites for hydroxylation is 1. The Bertz CT molecular complexity index is 557. The smallest absolute Gasteiger partial charge is 0.274 e. The highest BCUT2D eigenvalue weighted by Crippen LogP contribution is 2.16. The van der Waals surface area contributed by atoms with Crippen LogP contribution < -0.4 is 9.86 Å². The van der Waals surface area contributed by atoms with E-state index in [4.69, 9.17) is 5.14 Å². The van der Waals surface area contributed by atoms with Crippen molar-refractivity contribution in [2.24, 2.45) is 11.1 Å². The molecule has 1 aromatic rings. The van der Waals surface area contributed by atoms with E-state index in [2.05, 4.69) is 9.71 Å². The molecule has 0 saturated carbocycles. The summed E-state index contributed by atoms with van der Waals surface area (Å²) in [7, 11) is -3.66. The van der Waals surface area contributed by atoms with Gasteiger partial charge in [0.2, 0.25) is 5.91 Å². The fourth-order valence-electron chi connectivity index (χ4n) is 2.49. The van der Waals surface area contributed by atoms with E-state index in [9.17, 15) is 13.2 Å². The third kappa shape index (κ3) is 5.44. The molecule has 118 valence electrons. The van der Waals surface area contributed by atoms with Gasteiger partial charge in [0.15, 0.2) is 0 Å². The van der Waals surface area contributed by atoms with Crippen LogP contribution in [-0.4, -0.2) is 48.4 Å². The van der Waals surface area contributed by atoms with Crippen molar-refractivity contribution < 1.29 is 13.2 Å². The molecule has 1 aromatic heterocycles. The summed E-state index contributed by atoms with van der Waals surface area (Å²) in [5, 5.41) is 4.92. The summed E-state index contributed by atoms with van der Waals surface area (Å²) in [6, 6.07) is 0. The lowest BCUT2D eigenvalue weighted by Gasteiger charge is -2.32. The number of likely N-dealkylation sites (tertiary alicyclic amines) is 1. The first-order valence-electron chi connectivity index (χ1n) is 6.95. The van der Waals surface area contributed by atoms with E-state index < -0.39 is 10.2 Å². The maximum absolute atomic E-state index is 12.2. The highest BCUT2D eigenvalue weighted by molar-refractivity contribution is 7.87. The quantitative estimate of drug-likeness (QED) is 0.723. The Balaban J connectivity index is 1.78. The molecule has 1 fully saturated rings. The van der Waals surface area contributed by atoms with Gasteiger partial charge >= 0.3 is 0 Å². The molecule has 0 aromatic carbocycles. The summed E-state index contributed by atoms with van der Waals surface area (Å²) in [4.78, 5) is 17.9. The number of amides is 1. The van der Waals surface area contributed by atoms with Crippen LogP contribution in [0.5, 0.6) is 0 Å². The lowest BCUT2D eigenvalue weighted by atomic mass is 9.98. The molecule has 0 radical (unpaired) electrons. The molecule has 1 aliphatic rings. The van der Waals surface area contributed by atoms with Gasteiger partial charge in [0.25, 0.3) is 10.2 Å². The van der Waals surface area contributed by atoms with Crippen molar-refractivity contribution in [3.05, 3.63) is 18.7 Å². The van der Waals surface area contributed by atoms with Crippen LogP contribution in [0.3, 0.4) is 0 Å². The maximum atomic E-state index is 12.2. The van der Waals surface area contributed by atoms with E-state index in [-0.39, 0.29) is 18.4 Å². The number of nitrogens with zero attached hydrogens (tertiary/aromatic N) is 3. The second kappa shape index (κ2) is 7.01. The normalized spacial score (nSPS) is 19.7. The van der Waals surface area contributed by atoms with Gasteiger partial charge < -0.3 is 9.47 Å². The lowest BCUT2D eigenvalue weighted by Crippen LogP contribution is -2.44. The van der Waals surface area contributed by atoms with Crippen LogP contribution in [0.4, 0.5) is 0 Å². The molecular weight excluding hydrogens is 294 g/mol. The number of hydrogen-bond donors (Lipinski definition) is 2. The van der Waals surface area contributed by atoms with Gasteiger partial charge in [0, 0.05) is 45.0 Å².